The fraction of sp³-hybridized carbons (Fsp3) is 0.667. The van der Waals surface area contributed by atoms with Gasteiger partial charge in [0.15, 0.2) is 0 Å². The first-order valence-electron chi connectivity index (χ1n) is 7.03. The number of nitrogens with one attached hydrogen (secondary N) is 1. The molecule has 5 heteroatoms. The molecule has 0 saturated carbocycles. The van der Waals surface area contributed by atoms with E-state index < -0.39 is 7.12 Å². The molecule has 0 radical (unpaired) electrons. The number of hydrogen-bond donors (Lipinski definition) is 1. The summed E-state index contributed by atoms with van der Waals surface area (Å²) in [5, 5.41) is 0. The molecule has 0 spiro atoms. The highest BCUT2D eigenvalue weighted by molar-refractivity contribution is 6.62. The summed E-state index contributed by atoms with van der Waals surface area (Å²) in [6, 6.07) is 1.89. The van der Waals surface area contributed by atoms with Gasteiger partial charge in [0.1, 0.15) is 0 Å². The maximum Gasteiger partial charge on any atom is 0.496 e. The Labute approximate surface area is 121 Å². The van der Waals surface area contributed by atoms with Crippen molar-refractivity contribution in [2.45, 2.75) is 65.1 Å². The van der Waals surface area contributed by atoms with Crippen LogP contribution in [-0.2, 0) is 14.7 Å². The Morgan fingerprint density at radius 2 is 1.60 bits per heavy atom. The molecule has 4 nitrogen and oxygen atoms in total. The lowest BCUT2D eigenvalue weighted by Crippen LogP contribution is -2.41. The Morgan fingerprint density at radius 1 is 1.10 bits per heavy atom. The predicted molar refractivity (Wildman–Crippen MR) is 81.5 cm³/mol. The first-order valence-corrected chi connectivity index (χ1v) is 7.03. The molecular formula is C15H24BNO3. The second kappa shape index (κ2) is 4.47. The normalized spacial score (nSPS) is 21.2. The van der Waals surface area contributed by atoms with Gasteiger partial charge in [-0.2, -0.15) is 0 Å². The molecule has 2 rings (SSSR count). The number of pyridine rings is 1. The van der Waals surface area contributed by atoms with Crippen LogP contribution in [0.1, 0.15) is 54.0 Å². The Kier molecular flexibility index (Phi) is 3.42. The van der Waals surface area contributed by atoms with Gasteiger partial charge in [0.05, 0.1) is 11.2 Å². The summed E-state index contributed by atoms with van der Waals surface area (Å²) in [5.41, 5.74) is 0.564. The molecule has 0 bridgehead atoms. The molecule has 1 aliphatic rings. The number of rotatable bonds is 1. The SMILES string of the molecule is CC(C)(C)c1cc(B2OC(C)(C)C(C)(C)O2)c[nH]c1=O. The van der Waals surface area contributed by atoms with E-state index in [9.17, 15) is 4.79 Å². The summed E-state index contributed by atoms with van der Waals surface area (Å²) in [4.78, 5) is 14.7. The topological polar surface area (TPSA) is 51.3 Å². The lowest BCUT2D eigenvalue weighted by molar-refractivity contribution is 0.00578. The molecule has 0 aromatic carbocycles. The number of H-pyrrole nitrogens is 1. The van der Waals surface area contributed by atoms with E-state index in [4.69, 9.17) is 9.31 Å². The highest BCUT2D eigenvalue weighted by Gasteiger charge is 2.51. The fourth-order valence-corrected chi connectivity index (χ4v) is 2.17. The molecule has 1 aromatic heterocycles. The smallest absolute Gasteiger partial charge is 0.399 e. The van der Waals surface area contributed by atoms with E-state index in [1.54, 1.807) is 6.20 Å². The molecule has 0 atom stereocenters. The van der Waals surface area contributed by atoms with Crippen LogP contribution in [0, 0.1) is 0 Å². The van der Waals surface area contributed by atoms with E-state index in [1.165, 1.54) is 0 Å². The van der Waals surface area contributed by atoms with E-state index in [-0.39, 0.29) is 22.2 Å². The van der Waals surface area contributed by atoms with Crippen LogP contribution in [-0.4, -0.2) is 23.3 Å². The van der Waals surface area contributed by atoms with Crippen LogP contribution in [0.25, 0.3) is 0 Å². The zero-order valence-corrected chi connectivity index (χ0v) is 13.5. The lowest BCUT2D eigenvalue weighted by atomic mass is 9.77. The van der Waals surface area contributed by atoms with Crippen LogP contribution in [0.2, 0.25) is 0 Å². The Hall–Kier alpha value is -1.07. The molecule has 1 aromatic rings. The Bertz CT molecular complexity index is 553. The minimum absolute atomic E-state index is 0.0576. The van der Waals surface area contributed by atoms with Gasteiger partial charge in [0, 0.05) is 11.8 Å². The van der Waals surface area contributed by atoms with Crippen LogP contribution in [0.15, 0.2) is 17.1 Å². The van der Waals surface area contributed by atoms with Gasteiger partial charge in [-0.25, -0.2) is 0 Å². The van der Waals surface area contributed by atoms with Crippen molar-refractivity contribution in [2.75, 3.05) is 0 Å². The molecule has 0 amide bonds. The Morgan fingerprint density at radius 3 is 2.05 bits per heavy atom. The minimum atomic E-state index is -0.446. The van der Waals surface area contributed by atoms with E-state index in [1.807, 2.05) is 54.5 Å². The highest BCUT2D eigenvalue weighted by Crippen LogP contribution is 2.36. The van der Waals surface area contributed by atoms with Crippen molar-refractivity contribution in [3.05, 3.63) is 28.2 Å². The van der Waals surface area contributed by atoms with Gasteiger partial charge in [-0.3, -0.25) is 4.79 Å². The van der Waals surface area contributed by atoms with E-state index in [2.05, 4.69) is 4.98 Å². The number of hydrogen-bond acceptors (Lipinski definition) is 3. The standard InChI is InChI=1S/C15H24BNO3/c1-13(2,3)11-8-10(9-17-12(11)18)16-19-14(4,5)15(6,7)20-16/h8-9H,1-7H3,(H,17,18). The molecule has 1 fully saturated rings. The highest BCUT2D eigenvalue weighted by atomic mass is 16.7. The summed E-state index contributed by atoms with van der Waals surface area (Å²) in [6.45, 7) is 14.1. The Balaban J connectivity index is 2.40. The maximum absolute atomic E-state index is 12.0. The van der Waals surface area contributed by atoms with Crippen LogP contribution >= 0.6 is 0 Å². The quantitative estimate of drug-likeness (QED) is 0.798. The molecule has 20 heavy (non-hydrogen) atoms. The van der Waals surface area contributed by atoms with Crippen molar-refractivity contribution in [1.82, 2.24) is 4.98 Å². The molecule has 0 aliphatic carbocycles. The number of aromatic amines is 1. The molecule has 110 valence electrons. The summed E-state index contributed by atoms with van der Waals surface area (Å²) in [7, 11) is -0.446. The third-order valence-corrected chi connectivity index (χ3v) is 4.26. The largest absolute Gasteiger partial charge is 0.496 e. The van der Waals surface area contributed by atoms with Crippen LogP contribution in [0.4, 0.5) is 0 Å². The average Bonchev–Trinajstić information content (AvgIpc) is 2.47. The molecular weight excluding hydrogens is 253 g/mol. The van der Waals surface area contributed by atoms with Gasteiger partial charge in [0.25, 0.3) is 5.56 Å². The summed E-state index contributed by atoms with van der Waals surface area (Å²) >= 11 is 0. The summed E-state index contributed by atoms with van der Waals surface area (Å²) in [6.07, 6.45) is 1.68. The van der Waals surface area contributed by atoms with Gasteiger partial charge >= 0.3 is 7.12 Å². The molecule has 1 saturated heterocycles. The zero-order valence-electron chi connectivity index (χ0n) is 13.5. The van der Waals surface area contributed by atoms with Crippen LogP contribution in [0.5, 0.6) is 0 Å². The predicted octanol–water partition coefficient (Wildman–Crippen LogP) is 1.97. The summed E-state index contributed by atoms with van der Waals surface area (Å²) < 4.78 is 12.0. The van der Waals surface area contributed by atoms with Crippen molar-refractivity contribution >= 4 is 12.6 Å². The minimum Gasteiger partial charge on any atom is -0.399 e. The third kappa shape index (κ3) is 2.57. The lowest BCUT2D eigenvalue weighted by Gasteiger charge is -2.32. The van der Waals surface area contributed by atoms with Gasteiger partial charge in [-0.15, -0.1) is 0 Å². The molecule has 0 unspecified atom stereocenters. The second-order valence-electron chi connectivity index (χ2n) is 7.51. The molecule has 1 N–H and O–H groups in total. The zero-order chi connectivity index (χ0) is 15.3. The monoisotopic (exact) mass is 277 g/mol. The van der Waals surface area contributed by atoms with Crippen LogP contribution < -0.4 is 11.0 Å². The second-order valence-corrected chi connectivity index (χ2v) is 7.51. The van der Waals surface area contributed by atoms with E-state index in [0.717, 1.165) is 11.0 Å². The number of aromatic nitrogens is 1. The molecule has 2 heterocycles. The molecule has 1 aliphatic heterocycles. The first-order chi connectivity index (χ1) is 8.94. The fourth-order valence-electron chi connectivity index (χ4n) is 2.17. The van der Waals surface area contributed by atoms with Crippen LogP contribution in [0.3, 0.4) is 0 Å². The van der Waals surface area contributed by atoms with Gasteiger partial charge < -0.3 is 14.3 Å². The van der Waals surface area contributed by atoms with E-state index in [0.29, 0.717) is 0 Å². The van der Waals surface area contributed by atoms with Gasteiger partial charge in [0.2, 0.25) is 0 Å². The van der Waals surface area contributed by atoms with Crippen molar-refractivity contribution < 1.29 is 9.31 Å². The van der Waals surface area contributed by atoms with E-state index >= 15 is 0 Å². The van der Waals surface area contributed by atoms with Crippen molar-refractivity contribution in [2.24, 2.45) is 0 Å². The maximum atomic E-state index is 12.0. The summed E-state index contributed by atoms with van der Waals surface area (Å²) in [5.74, 6) is 0. The van der Waals surface area contributed by atoms with Crippen molar-refractivity contribution in [3.8, 4) is 0 Å². The van der Waals surface area contributed by atoms with Gasteiger partial charge in [-0.05, 0) is 38.6 Å². The van der Waals surface area contributed by atoms with Crippen molar-refractivity contribution in [3.63, 3.8) is 0 Å². The van der Waals surface area contributed by atoms with Gasteiger partial charge in [-0.1, -0.05) is 26.8 Å². The average molecular weight is 277 g/mol. The first kappa shape index (κ1) is 15.3. The third-order valence-electron chi connectivity index (χ3n) is 4.26. The van der Waals surface area contributed by atoms with Crippen molar-refractivity contribution in [1.29, 1.82) is 0 Å².